The van der Waals surface area contributed by atoms with Crippen molar-refractivity contribution in [2.75, 3.05) is 39.3 Å². The van der Waals surface area contributed by atoms with Gasteiger partial charge in [0.05, 0.1) is 0 Å². The van der Waals surface area contributed by atoms with Gasteiger partial charge in [-0.1, -0.05) is 27.7 Å². The van der Waals surface area contributed by atoms with Crippen LogP contribution < -0.4 is 5.32 Å². The van der Waals surface area contributed by atoms with E-state index in [0.717, 1.165) is 31.0 Å². The molecule has 0 bridgehead atoms. The monoisotopic (exact) mass is 267 g/mol. The summed E-state index contributed by atoms with van der Waals surface area (Å²) in [5, 5.41) is 3.65. The zero-order valence-electron chi connectivity index (χ0n) is 13.4. The number of hydrogen-bond acceptors (Lipinski definition) is 3. The Kier molecular flexibility index (Phi) is 5.67. The molecule has 1 saturated carbocycles. The zero-order valence-corrected chi connectivity index (χ0v) is 13.4. The van der Waals surface area contributed by atoms with E-state index in [1.807, 2.05) is 0 Å². The van der Waals surface area contributed by atoms with E-state index in [1.165, 1.54) is 39.0 Å². The van der Waals surface area contributed by atoms with Crippen LogP contribution >= 0.6 is 0 Å². The standard InChI is InChI=1S/C16H33N3/c1-13(2)11-17-12-16(14(3)4)19-9-7-18(8-10-19)15-5-6-15/h13-17H,5-12H2,1-4H3. The molecule has 0 spiro atoms. The van der Waals surface area contributed by atoms with Gasteiger partial charge in [0.1, 0.15) is 0 Å². The summed E-state index contributed by atoms with van der Waals surface area (Å²) in [5.41, 5.74) is 0. The van der Waals surface area contributed by atoms with Crippen LogP contribution in [-0.2, 0) is 0 Å². The van der Waals surface area contributed by atoms with Crippen molar-refractivity contribution in [3.8, 4) is 0 Å². The Bertz CT molecular complexity index is 253. The first-order chi connectivity index (χ1) is 9.08. The molecule has 2 fully saturated rings. The van der Waals surface area contributed by atoms with Gasteiger partial charge in [-0.2, -0.15) is 0 Å². The van der Waals surface area contributed by atoms with Crippen LogP contribution in [0.2, 0.25) is 0 Å². The van der Waals surface area contributed by atoms with Gasteiger partial charge in [-0.05, 0) is 31.2 Å². The molecule has 1 saturated heterocycles. The fourth-order valence-corrected chi connectivity index (χ4v) is 3.18. The largest absolute Gasteiger partial charge is 0.315 e. The minimum Gasteiger partial charge on any atom is -0.315 e. The molecule has 1 heterocycles. The zero-order chi connectivity index (χ0) is 13.8. The summed E-state index contributed by atoms with van der Waals surface area (Å²) in [6, 6.07) is 1.65. The topological polar surface area (TPSA) is 18.5 Å². The molecule has 2 rings (SSSR count). The van der Waals surface area contributed by atoms with Crippen molar-refractivity contribution in [2.45, 2.75) is 52.6 Å². The second-order valence-electron chi connectivity index (χ2n) is 7.17. The van der Waals surface area contributed by atoms with Crippen molar-refractivity contribution in [2.24, 2.45) is 11.8 Å². The van der Waals surface area contributed by atoms with E-state index >= 15 is 0 Å². The van der Waals surface area contributed by atoms with Crippen LogP contribution in [0.15, 0.2) is 0 Å². The van der Waals surface area contributed by atoms with Gasteiger partial charge in [0.25, 0.3) is 0 Å². The van der Waals surface area contributed by atoms with Gasteiger partial charge in [0.2, 0.25) is 0 Å². The first kappa shape index (κ1) is 15.3. The summed E-state index contributed by atoms with van der Waals surface area (Å²) in [6.07, 6.45) is 2.90. The van der Waals surface area contributed by atoms with Crippen molar-refractivity contribution in [3.63, 3.8) is 0 Å². The van der Waals surface area contributed by atoms with Crippen LogP contribution in [0, 0.1) is 11.8 Å². The van der Waals surface area contributed by atoms with Gasteiger partial charge in [-0.3, -0.25) is 9.80 Å². The molecular weight excluding hydrogens is 234 g/mol. The third-order valence-corrected chi connectivity index (χ3v) is 4.56. The lowest BCUT2D eigenvalue weighted by molar-refractivity contribution is 0.0718. The van der Waals surface area contributed by atoms with Crippen molar-refractivity contribution >= 4 is 0 Å². The lowest BCUT2D eigenvalue weighted by Crippen LogP contribution is -2.55. The minimum atomic E-state index is 0.708. The molecule has 1 aliphatic carbocycles. The molecular formula is C16H33N3. The highest BCUT2D eigenvalue weighted by Gasteiger charge is 2.33. The van der Waals surface area contributed by atoms with Gasteiger partial charge in [-0.25, -0.2) is 0 Å². The maximum Gasteiger partial charge on any atom is 0.0244 e. The number of hydrogen-bond donors (Lipinski definition) is 1. The van der Waals surface area contributed by atoms with E-state index in [4.69, 9.17) is 0 Å². The lowest BCUT2D eigenvalue weighted by atomic mass is 10.0. The van der Waals surface area contributed by atoms with Crippen LogP contribution in [0.5, 0.6) is 0 Å². The van der Waals surface area contributed by atoms with Gasteiger partial charge >= 0.3 is 0 Å². The van der Waals surface area contributed by atoms with E-state index < -0.39 is 0 Å². The Labute approximate surface area is 119 Å². The molecule has 0 amide bonds. The molecule has 0 aromatic carbocycles. The van der Waals surface area contributed by atoms with E-state index in [9.17, 15) is 0 Å². The van der Waals surface area contributed by atoms with Gasteiger partial charge < -0.3 is 5.32 Å². The molecule has 112 valence electrons. The van der Waals surface area contributed by atoms with E-state index in [-0.39, 0.29) is 0 Å². The summed E-state index contributed by atoms with van der Waals surface area (Å²) in [7, 11) is 0. The third kappa shape index (κ3) is 4.73. The van der Waals surface area contributed by atoms with Gasteiger partial charge in [0, 0.05) is 44.8 Å². The van der Waals surface area contributed by atoms with Crippen LogP contribution in [0.25, 0.3) is 0 Å². The van der Waals surface area contributed by atoms with Gasteiger partial charge in [0.15, 0.2) is 0 Å². The Balaban J connectivity index is 1.75. The summed E-state index contributed by atoms with van der Waals surface area (Å²) < 4.78 is 0. The summed E-state index contributed by atoms with van der Waals surface area (Å²) in [4.78, 5) is 5.42. The Morgan fingerprint density at radius 3 is 2.05 bits per heavy atom. The summed E-state index contributed by atoms with van der Waals surface area (Å²) in [6.45, 7) is 16.7. The third-order valence-electron chi connectivity index (χ3n) is 4.56. The maximum atomic E-state index is 3.65. The predicted molar refractivity (Wildman–Crippen MR) is 82.5 cm³/mol. The highest BCUT2D eigenvalue weighted by atomic mass is 15.3. The molecule has 3 heteroatoms. The quantitative estimate of drug-likeness (QED) is 0.761. The van der Waals surface area contributed by atoms with Crippen LogP contribution in [-0.4, -0.2) is 61.2 Å². The second-order valence-corrected chi connectivity index (χ2v) is 7.17. The van der Waals surface area contributed by atoms with Crippen molar-refractivity contribution in [3.05, 3.63) is 0 Å². The van der Waals surface area contributed by atoms with Crippen molar-refractivity contribution in [1.29, 1.82) is 0 Å². The SMILES string of the molecule is CC(C)CNCC(C(C)C)N1CCN(C2CC2)CC1. The highest BCUT2D eigenvalue weighted by molar-refractivity contribution is 4.89. The van der Waals surface area contributed by atoms with E-state index in [0.29, 0.717) is 6.04 Å². The summed E-state index contributed by atoms with van der Waals surface area (Å²) in [5.74, 6) is 1.49. The molecule has 0 radical (unpaired) electrons. The molecule has 19 heavy (non-hydrogen) atoms. The molecule has 1 unspecified atom stereocenters. The van der Waals surface area contributed by atoms with Crippen molar-refractivity contribution in [1.82, 2.24) is 15.1 Å². The fraction of sp³-hybridized carbons (Fsp3) is 1.00. The van der Waals surface area contributed by atoms with Crippen LogP contribution in [0.3, 0.4) is 0 Å². The number of piperazine rings is 1. The average Bonchev–Trinajstić information content (AvgIpc) is 3.18. The normalized spacial score (nSPS) is 24.3. The highest BCUT2D eigenvalue weighted by Crippen LogP contribution is 2.28. The first-order valence-corrected chi connectivity index (χ1v) is 8.26. The summed E-state index contributed by atoms with van der Waals surface area (Å²) >= 11 is 0. The predicted octanol–water partition coefficient (Wildman–Crippen LogP) is 2.04. The molecule has 0 aromatic heterocycles. The maximum absolute atomic E-state index is 3.65. The second kappa shape index (κ2) is 7.05. The fourth-order valence-electron chi connectivity index (χ4n) is 3.18. The Morgan fingerprint density at radius 2 is 1.58 bits per heavy atom. The molecule has 2 aliphatic rings. The van der Waals surface area contributed by atoms with E-state index in [1.54, 1.807) is 0 Å². The van der Waals surface area contributed by atoms with E-state index in [2.05, 4.69) is 42.8 Å². The van der Waals surface area contributed by atoms with Crippen molar-refractivity contribution < 1.29 is 0 Å². The smallest absolute Gasteiger partial charge is 0.0244 e. The number of rotatable bonds is 7. The van der Waals surface area contributed by atoms with Gasteiger partial charge in [-0.15, -0.1) is 0 Å². The molecule has 1 aliphatic heterocycles. The molecule has 3 nitrogen and oxygen atoms in total. The van der Waals surface area contributed by atoms with Crippen LogP contribution in [0.4, 0.5) is 0 Å². The molecule has 1 N–H and O–H groups in total. The number of nitrogens with one attached hydrogen (secondary N) is 1. The lowest BCUT2D eigenvalue weighted by Gasteiger charge is -2.41. The first-order valence-electron chi connectivity index (χ1n) is 8.26. The Morgan fingerprint density at radius 1 is 0.947 bits per heavy atom. The number of nitrogens with zero attached hydrogens (tertiary/aromatic N) is 2. The van der Waals surface area contributed by atoms with Crippen LogP contribution in [0.1, 0.15) is 40.5 Å². The minimum absolute atomic E-state index is 0.708. The Hall–Kier alpha value is -0.120. The average molecular weight is 267 g/mol. The molecule has 0 aromatic rings. The molecule has 1 atom stereocenters.